The van der Waals surface area contributed by atoms with E-state index in [2.05, 4.69) is 10.3 Å². The molecule has 0 saturated carbocycles. The fraction of sp³-hybridized carbons (Fsp3) is 0.190. The number of ether oxygens (including phenoxy) is 1. The highest BCUT2D eigenvalue weighted by atomic mass is 35.5. The number of amides is 2. The maximum absolute atomic E-state index is 13.4. The minimum atomic E-state index is -2.32. The molecule has 0 unspecified atom stereocenters. The van der Waals surface area contributed by atoms with Crippen LogP contribution in [0.25, 0.3) is 10.9 Å². The van der Waals surface area contributed by atoms with Crippen LogP contribution in [-0.2, 0) is 16.1 Å². The molecule has 0 radical (unpaired) electrons. The highest BCUT2D eigenvalue weighted by Gasteiger charge is 2.49. The maximum Gasteiger partial charge on any atom is 0.410 e. The molecule has 1 atom stereocenters. The molecule has 10 heteroatoms. The van der Waals surface area contributed by atoms with Crippen molar-refractivity contribution in [2.75, 3.05) is 11.4 Å². The van der Waals surface area contributed by atoms with Gasteiger partial charge in [0.2, 0.25) is 0 Å². The molecule has 1 aliphatic heterocycles. The molecule has 1 aliphatic rings. The van der Waals surface area contributed by atoms with Crippen molar-refractivity contribution in [2.45, 2.75) is 18.8 Å². The molecule has 2 amide bonds. The number of aromatic nitrogens is 1. The number of H-pyrrole nitrogens is 1. The zero-order valence-corrected chi connectivity index (χ0v) is 16.7. The number of nitriles is 1. The second-order valence-corrected chi connectivity index (χ2v) is 7.51. The number of carbonyl (C=O) groups excluding carboxylic acids is 2. The predicted octanol–water partition coefficient (Wildman–Crippen LogP) is 3.18. The molecule has 3 N–H and O–H groups in total. The summed E-state index contributed by atoms with van der Waals surface area (Å²) in [5.41, 5.74) is 2.01. The van der Waals surface area contributed by atoms with Gasteiger partial charge in [-0.25, -0.2) is 9.18 Å². The van der Waals surface area contributed by atoms with Crippen molar-refractivity contribution in [3.63, 3.8) is 0 Å². The molecule has 1 fully saturated rings. The van der Waals surface area contributed by atoms with E-state index >= 15 is 0 Å². The van der Waals surface area contributed by atoms with Crippen LogP contribution in [0.1, 0.15) is 17.7 Å². The number of halogens is 2. The van der Waals surface area contributed by atoms with Gasteiger partial charge in [-0.05, 0) is 48.0 Å². The van der Waals surface area contributed by atoms with Crippen molar-refractivity contribution >= 4 is 40.2 Å². The van der Waals surface area contributed by atoms with E-state index in [1.54, 1.807) is 24.3 Å². The molecular weight excluding hydrogens is 427 g/mol. The summed E-state index contributed by atoms with van der Waals surface area (Å²) in [4.78, 5) is 29.1. The Morgan fingerprint density at radius 1 is 1.35 bits per heavy atom. The minimum absolute atomic E-state index is 0.102. The summed E-state index contributed by atoms with van der Waals surface area (Å²) in [6.45, 7) is 0.0266. The highest BCUT2D eigenvalue weighted by molar-refractivity contribution is 6.30. The average molecular weight is 443 g/mol. The zero-order valence-electron chi connectivity index (χ0n) is 16.0. The lowest BCUT2D eigenvalue weighted by Gasteiger charge is -2.22. The van der Waals surface area contributed by atoms with Crippen molar-refractivity contribution in [3.05, 3.63) is 64.6 Å². The van der Waals surface area contributed by atoms with Gasteiger partial charge in [-0.15, -0.1) is 0 Å². The number of aromatic amines is 1. The summed E-state index contributed by atoms with van der Waals surface area (Å²) in [5.74, 6) is -3.67. The number of nitrogens with zero attached hydrogens (tertiary/aromatic N) is 2. The number of fused-ring (bicyclic) bond motifs is 1. The molecule has 1 aromatic heterocycles. The quantitative estimate of drug-likeness (QED) is 0.536. The average Bonchev–Trinajstić information content (AvgIpc) is 3.26. The van der Waals surface area contributed by atoms with Crippen LogP contribution in [0, 0.1) is 17.1 Å². The van der Waals surface area contributed by atoms with Crippen molar-refractivity contribution in [1.82, 2.24) is 10.3 Å². The Kier molecular flexibility index (Phi) is 5.27. The lowest BCUT2D eigenvalue weighted by molar-refractivity contribution is -0.175. The third kappa shape index (κ3) is 4.17. The predicted molar refractivity (Wildman–Crippen MR) is 110 cm³/mol. The van der Waals surface area contributed by atoms with Gasteiger partial charge in [-0.2, -0.15) is 5.26 Å². The summed E-state index contributed by atoms with van der Waals surface area (Å²) in [5, 5.41) is 22.9. The van der Waals surface area contributed by atoms with Crippen molar-refractivity contribution < 1.29 is 23.8 Å². The smallest absolute Gasteiger partial charge is 0.407 e. The summed E-state index contributed by atoms with van der Waals surface area (Å²) in [6.07, 6.45) is -1.16. The van der Waals surface area contributed by atoms with Gasteiger partial charge >= 0.3 is 6.09 Å². The molecule has 2 heterocycles. The number of alkyl carbamates (subject to hydrolysis) is 1. The first-order valence-corrected chi connectivity index (χ1v) is 9.64. The second-order valence-electron chi connectivity index (χ2n) is 7.08. The maximum atomic E-state index is 13.4. The number of hydrogen-bond acceptors (Lipinski definition) is 5. The van der Waals surface area contributed by atoms with Crippen molar-refractivity contribution in [1.29, 1.82) is 5.26 Å². The molecule has 158 valence electrons. The van der Waals surface area contributed by atoms with Gasteiger partial charge in [0.25, 0.3) is 11.7 Å². The molecule has 8 nitrogen and oxygen atoms in total. The van der Waals surface area contributed by atoms with Gasteiger partial charge in [0.15, 0.2) is 0 Å². The van der Waals surface area contributed by atoms with Gasteiger partial charge in [0.05, 0.1) is 0 Å². The number of aliphatic hydroxyl groups is 1. The Labute approximate surface area is 180 Å². The fourth-order valence-electron chi connectivity index (χ4n) is 3.45. The molecule has 0 spiro atoms. The monoisotopic (exact) mass is 442 g/mol. The van der Waals surface area contributed by atoms with Crippen LogP contribution in [0.3, 0.4) is 0 Å². The zero-order chi connectivity index (χ0) is 22.2. The van der Waals surface area contributed by atoms with Crippen LogP contribution >= 0.6 is 11.6 Å². The van der Waals surface area contributed by atoms with Crippen LogP contribution in [0.15, 0.2) is 42.5 Å². The van der Waals surface area contributed by atoms with Crippen LogP contribution < -0.4 is 10.2 Å². The first-order chi connectivity index (χ1) is 14.8. The van der Waals surface area contributed by atoms with Crippen LogP contribution in [0.2, 0.25) is 5.02 Å². The van der Waals surface area contributed by atoms with Gasteiger partial charge in [0.1, 0.15) is 17.6 Å². The molecule has 4 rings (SSSR count). The Morgan fingerprint density at radius 2 is 2.16 bits per heavy atom. The normalized spacial score (nSPS) is 18.3. The number of rotatable bonds is 4. The number of hydrogen-bond donors (Lipinski definition) is 3. The molecule has 31 heavy (non-hydrogen) atoms. The van der Waals surface area contributed by atoms with E-state index in [0.29, 0.717) is 16.9 Å². The van der Waals surface area contributed by atoms with E-state index < -0.39 is 23.6 Å². The highest BCUT2D eigenvalue weighted by Crippen LogP contribution is 2.31. The lowest BCUT2D eigenvalue weighted by Crippen LogP contribution is -2.46. The Balaban J connectivity index is 1.43. The molecule has 0 aliphatic carbocycles. The Hall–Kier alpha value is -3.61. The first-order valence-electron chi connectivity index (χ1n) is 9.26. The van der Waals surface area contributed by atoms with Crippen LogP contribution in [0.4, 0.5) is 14.9 Å². The third-order valence-corrected chi connectivity index (χ3v) is 5.13. The fourth-order valence-corrected chi connectivity index (χ4v) is 3.69. The van der Waals surface area contributed by atoms with E-state index in [1.807, 2.05) is 6.07 Å². The van der Waals surface area contributed by atoms with E-state index in [0.717, 1.165) is 17.0 Å². The molecule has 3 aromatic rings. The first kappa shape index (κ1) is 20.7. The molecule has 0 bridgehead atoms. The van der Waals surface area contributed by atoms with Crippen LogP contribution in [-0.4, -0.2) is 34.4 Å². The number of carbonyl (C=O) groups is 2. The number of anilines is 1. The van der Waals surface area contributed by atoms with Gasteiger partial charge in [-0.1, -0.05) is 11.6 Å². The standard InChI is InChI=1S/C21H16ClFN4O4/c22-14-5-12(6-15(23)9-14)11-25-20(29)31-21(30)3-4-27(19(21)28)17-1-2-18-13(8-17)7-16(10-24)26-18/h1-2,5-9,26,30H,3-4,11H2,(H,25,29)/t21-/m0/s1. The van der Waals surface area contributed by atoms with E-state index in [4.69, 9.17) is 21.6 Å². The van der Waals surface area contributed by atoms with Crippen molar-refractivity contribution in [2.24, 2.45) is 0 Å². The summed E-state index contributed by atoms with van der Waals surface area (Å²) in [7, 11) is 0. The third-order valence-electron chi connectivity index (χ3n) is 4.91. The Bertz CT molecular complexity index is 1220. The molecule has 1 saturated heterocycles. The lowest BCUT2D eigenvalue weighted by atomic mass is 10.2. The van der Waals surface area contributed by atoms with E-state index in [-0.39, 0.29) is 24.5 Å². The minimum Gasteiger partial charge on any atom is -0.407 e. The summed E-state index contributed by atoms with van der Waals surface area (Å²) < 4.78 is 18.4. The number of benzene rings is 2. The molecular formula is C21H16ClFN4O4. The van der Waals surface area contributed by atoms with Gasteiger partial charge in [0, 0.05) is 41.1 Å². The van der Waals surface area contributed by atoms with Crippen LogP contribution in [0.5, 0.6) is 0 Å². The van der Waals surface area contributed by atoms with Gasteiger partial charge in [-0.3, -0.25) is 4.79 Å². The topological polar surface area (TPSA) is 118 Å². The van der Waals surface area contributed by atoms with E-state index in [9.17, 15) is 19.1 Å². The largest absolute Gasteiger partial charge is 0.410 e. The van der Waals surface area contributed by atoms with E-state index in [1.165, 1.54) is 17.0 Å². The number of nitrogens with one attached hydrogen (secondary N) is 2. The molecule has 2 aromatic carbocycles. The second kappa shape index (κ2) is 7.91. The van der Waals surface area contributed by atoms with Crippen molar-refractivity contribution in [3.8, 4) is 6.07 Å². The SMILES string of the molecule is N#Cc1cc2cc(N3CC[C@](O)(OC(=O)NCc4cc(F)cc(Cl)c4)C3=O)ccc2[nH]1. The summed E-state index contributed by atoms with van der Waals surface area (Å²) >= 11 is 5.77. The summed E-state index contributed by atoms with van der Waals surface area (Å²) in [6, 6.07) is 12.5. The van der Waals surface area contributed by atoms with Gasteiger partial charge < -0.3 is 25.0 Å². The Morgan fingerprint density at radius 3 is 2.90 bits per heavy atom.